The van der Waals surface area contributed by atoms with Gasteiger partial charge in [0, 0.05) is 31.2 Å². The smallest absolute Gasteiger partial charge is 0.195 e. The van der Waals surface area contributed by atoms with E-state index < -0.39 is 0 Å². The Balaban J connectivity index is 1.89. The number of fused-ring (bicyclic) bond motifs is 1. The first kappa shape index (κ1) is 14.9. The van der Waals surface area contributed by atoms with E-state index in [1.807, 2.05) is 0 Å². The minimum Gasteiger partial charge on any atom is -0.355 e. The molecule has 1 saturated heterocycles. The summed E-state index contributed by atoms with van der Waals surface area (Å²) >= 11 is 1.72. The van der Waals surface area contributed by atoms with Gasteiger partial charge in [0.05, 0.1) is 5.69 Å². The van der Waals surface area contributed by atoms with Crippen LogP contribution in [0, 0.1) is 5.41 Å². The molecular weight excluding hydrogens is 280 g/mol. The predicted molar refractivity (Wildman–Crippen MR) is 90.3 cm³/mol. The fraction of sp³-hybridized carbons (Fsp3) is 0.688. The highest BCUT2D eigenvalue weighted by atomic mass is 32.1. The Bertz CT molecular complexity index is 598. The van der Waals surface area contributed by atoms with Crippen molar-refractivity contribution in [2.24, 2.45) is 5.41 Å². The summed E-state index contributed by atoms with van der Waals surface area (Å²) < 4.78 is 2.25. The molecule has 1 aliphatic rings. The van der Waals surface area contributed by atoms with Crippen molar-refractivity contribution in [3.05, 3.63) is 17.3 Å². The van der Waals surface area contributed by atoms with Crippen molar-refractivity contribution in [1.29, 1.82) is 0 Å². The van der Waals surface area contributed by atoms with Crippen molar-refractivity contribution in [2.75, 3.05) is 24.5 Å². The summed E-state index contributed by atoms with van der Waals surface area (Å²) in [6.45, 7) is 11.1. The lowest BCUT2D eigenvalue weighted by atomic mass is 9.85. The van der Waals surface area contributed by atoms with E-state index in [0.717, 1.165) is 31.1 Å². The highest BCUT2D eigenvalue weighted by Crippen LogP contribution is 2.33. The fourth-order valence-corrected chi connectivity index (χ4v) is 3.84. The monoisotopic (exact) mass is 306 g/mol. The summed E-state index contributed by atoms with van der Waals surface area (Å²) in [5.41, 5.74) is 1.78. The van der Waals surface area contributed by atoms with Gasteiger partial charge in [0.25, 0.3) is 0 Å². The topological polar surface area (TPSA) is 32.6 Å². The van der Waals surface area contributed by atoms with E-state index in [1.165, 1.54) is 30.8 Å². The second-order valence-corrected chi connectivity index (χ2v) is 7.60. The first-order chi connectivity index (χ1) is 10.1. The summed E-state index contributed by atoms with van der Waals surface area (Å²) in [6.07, 6.45) is 5.97. The van der Waals surface area contributed by atoms with E-state index in [-0.39, 0.29) is 0 Å². The summed E-state index contributed by atoms with van der Waals surface area (Å²) in [5.74, 6) is 1.19. The Morgan fingerprint density at radius 3 is 3.00 bits per heavy atom. The third-order valence-electron chi connectivity index (χ3n) is 4.52. The highest BCUT2D eigenvalue weighted by Gasteiger charge is 2.26. The number of hydrogen-bond acceptors (Lipinski definition) is 4. The van der Waals surface area contributed by atoms with Gasteiger partial charge in [-0.3, -0.25) is 4.40 Å². The molecule has 0 aliphatic carbocycles. The molecule has 1 fully saturated rings. The van der Waals surface area contributed by atoms with Crippen molar-refractivity contribution >= 4 is 22.1 Å². The number of thiazole rings is 1. The summed E-state index contributed by atoms with van der Waals surface area (Å²) in [4.78, 5) is 8.52. The highest BCUT2D eigenvalue weighted by molar-refractivity contribution is 7.15. The standard InChI is InChI=1S/C16H26N4S/c1-4-17-12-13-14(18-15-20(13)10-11-21-15)19-8-5-6-16(2,3)7-9-19/h10-11,17H,4-9,12H2,1-3H3. The third-order valence-corrected chi connectivity index (χ3v) is 5.28. The van der Waals surface area contributed by atoms with Crippen LogP contribution in [0.2, 0.25) is 0 Å². The maximum Gasteiger partial charge on any atom is 0.195 e. The molecule has 116 valence electrons. The van der Waals surface area contributed by atoms with Gasteiger partial charge in [-0.15, -0.1) is 11.3 Å². The van der Waals surface area contributed by atoms with Crippen LogP contribution in [0.25, 0.3) is 4.96 Å². The molecule has 0 atom stereocenters. The van der Waals surface area contributed by atoms with E-state index >= 15 is 0 Å². The van der Waals surface area contributed by atoms with Crippen LogP contribution < -0.4 is 10.2 Å². The first-order valence-electron chi connectivity index (χ1n) is 8.01. The number of nitrogens with one attached hydrogen (secondary N) is 1. The van der Waals surface area contributed by atoms with Gasteiger partial charge in [0.1, 0.15) is 0 Å². The van der Waals surface area contributed by atoms with Crippen LogP contribution in [0.4, 0.5) is 5.82 Å². The number of rotatable bonds is 4. The molecule has 2 aromatic rings. The number of hydrogen-bond donors (Lipinski definition) is 1. The number of imidazole rings is 1. The zero-order valence-corrected chi connectivity index (χ0v) is 14.2. The lowest BCUT2D eigenvalue weighted by Gasteiger charge is -2.24. The molecule has 5 heteroatoms. The van der Waals surface area contributed by atoms with Crippen LogP contribution in [0.5, 0.6) is 0 Å². The van der Waals surface area contributed by atoms with Crippen LogP contribution in [0.3, 0.4) is 0 Å². The molecular formula is C16H26N4S. The van der Waals surface area contributed by atoms with Crippen LogP contribution in [0.1, 0.15) is 45.7 Å². The fourth-order valence-electron chi connectivity index (χ4n) is 3.12. The molecule has 4 nitrogen and oxygen atoms in total. The van der Waals surface area contributed by atoms with Crippen molar-refractivity contribution in [2.45, 2.75) is 46.6 Å². The Hall–Kier alpha value is -1.07. The van der Waals surface area contributed by atoms with Crippen LogP contribution in [0.15, 0.2) is 11.6 Å². The predicted octanol–water partition coefficient (Wildman–Crippen LogP) is 3.52. The van der Waals surface area contributed by atoms with Crippen LogP contribution in [-0.4, -0.2) is 29.0 Å². The zero-order valence-electron chi connectivity index (χ0n) is 13.4. The number of anilines is 1. The molecule has 0 spiro atoms. The van der Waals surface area contributed by atoms with Crippen molar-refractivity contribution in [1.82, 2.24) is 14.7 Å². The maximum absolute atomic E-state index is 4.91. The molecule has 0 bridgehead atoms. The van der Waals surface area contributed by atoms with Gasteiger partial charge in [-0.1, -0.05) is 20.8 Å². The maximum atomic E-state index is 4.91. The Kier molecular flexibility index (Phi) is 4.22. The normalized spacial score (nSPS) is 19.1. The molecule has 21 heavy (non-hydrogen) atoms. The molecule has 1 N–H and O–H groups in total. The molecule has 0 aromatic carbocycles. The third kappa shape index (κ3) is 3.09. The van der Waals surface area contributed by atoms with E-state index in [0.29, 0.717) is 5.41 Å². The molecule has 0 radical (unpaired) electrons. The van der Waals surface area contributed by atoms with Crippen molar-refractivity contribution < 1.29 is 0 Å². The molecule has 0 unspecified atom stereocenters. The van der Waals surface area contributed by atoms with Gasteiger partial charge in [0.15, 0.2) is 10.8 Å². The second kappa shape index (κ2) is 5.97. The zero-order chi connectivity index (χ0) is 14.9. The quantitative estimate of drug-likeness (QED) is 0.938. The lowest BCUT2D eigenvalue weighted by molar-refractivity contribution is 0.325. The van der Waals surface area contributed by atoms with Crippen molar-refractivity contribution in [3.63, 3.8) is 0 Å². The summed E-state index contributed by atoms with van der Waals surface area (Å²) in [6, 6.07) is 0. The van der Waals surface area contributed by atoms with E-state index in [4.69, 9.17) is 4.98 Å². The summed E-state index contributed by atoms with van der Waals surface area (Å²) in [5, 5.41) is 5.58. The van der Waals surface area contributed by atoms with Crippen molar-refractivity contribution in [3.8, 4) is 0 Å². The minimum atomic E-state index is 0.466. The Morgan fingerprint density at radius 1 is 1.33 bits per heavy atom. The average Bonchev–Trinajstić information content (AvgIpc) is 2.96. The van der Waals surface area contributed by atoms with E-state index in [9.17, 15) is 0 Å². The number of aromatic nitrogens is 2. The van der Waals surface area contributed by atoms with Gasteiger partial charge in [-0.05, 0) is 31.2 Å². The average molecular weight is 306 g/mol. The molecule has 0 amide bonds. The number of nitrogens with zero attached hydrogens (tertiary/aromatic N) is 3. The van der Waals surface area contributed by atoms with Gasteiger partial charge in [-0.25, -0.2) is 4.98 Å². The Morgan fingerprint density at radius 2 is 2.19 bits per heavy atom. The van der Waals surface area contributed by atoms with E-state index in [2.05, 4.69) is 47.0 Å². The van der Waals surface area contributed by atoms with Crippen LogP contribution >= 0.6 is 11.3 Å². The molecule has 0 saturated carbocycles. The van der Waals surface area contributed by atoms with Gasteiger partial charge in [-0.2, -0.15) is 0 Å². The Labute approximate surface area is 131 Å². The molecule has 3 rings (SSSR count). The first-order valence-corrected chi connectivity index (χ1v) is 8.89. The largest absolute Gasteiger partial charge is 0.355 e. The van der Waals surface area contributed by atoms with E-state index in [1.54, 1.807) is 11.3 Å². The van der Waals surface area contributed by atoms with Gasteiger partial charge >= 0.3 is 0 Å². The summed E-state index contributed by atoms with van der Waals surface area (Å²) in [7, 11) is 0. The van der Waals surface area contributed by atoms with Gasteiger partial charge in [0.2, 0.25) is 0 Å². The second-order valence-electron chi connectivity index (χ2n) is 6.72. The minimum absolute atomic E-state index is 0.466. The lowest BCUT2D eigenvalue weighted by Crippen LogP contribution is -2.27. The molecule has 2 aromatic heterocycles. The van der Waals surface area contributed by atoms with Gasteiger partial charge < -0.3 is 10.2 Å². The molecule has 1 aliphatic heterocycles. The molecule has 3 heterocycles. The SMILES string of the molecule is CCNCc1c(N2CCCC(C)(C)CC2)nc2sccn12. The van der Waals surface area contributed by atoms with Crippen LogP contribution in [-0.2, 0) is 6.54 Å².